The average molecular weight is 379 g/mol. The Morgan fingerprint density at radius 1 is 1.19 bits per heavy atom. The first kappa shape index (κ1) is 21.3. The van der Waals surface area contributed by atoms with Gasteiger partial charge in [0.25, 0.3) is 0 Å². The van der Waals surface area contributed by atoms with Crippen LogP contribution < -0.4 is 10.2 Å². The average Bonchev–Trinajstić information content (AvgIpc) is 2.65. The Morgan fingerprint density at radius 2 is 1.89 bits per heavy atom. The Kier molecular flexibility index (Phi) is 8.67. The predicted octanol–water partition coefficient (Wildman–Crippen LogP) is 1.51. The Labute approximate surface area is 162 Å². The van der Waals surface area contributed by atoms with Gasteiger partial charge in [0.1, 0.15) is 5.75 Å². The standard InChI is InChI=1S/C20H34N4O3/c1-4-21-20(22-13-17(25)15-27-14-16(2)3)24-11-9-23(10-12-24)18-7-5-6-8-19(18)26/h5-8,16-17,25-26H,4,9-15H2,1-3H3,(H,21,22). The molecular formula is C20H34N4O3. The molecule has 1 aliphatic rings. The van der Waals surface area contributed by atoms with E-state index in [-0.39, 0.29) is 0 Å². The van der Waals surface area contributed by atoms with Crippen molar-refractivity contribution in [2.24, 2.45) is 10.9 Å². The van der Waals surface area contributed by atoms with Gasteiger partial charge in [-0.1, -0.05) is 26.0 Å². The fourth-order valence-corrected chi connectivity index (χ4v) is 3.00. The van der Waals surface area contributed by atoms with Gasteiger partial charge >= 0.3 is 0 Å². The van der Waals surface area contributed by atoms with Crippen molar-refractivity contribution >= 4 is 11.6 Å². The third-order valence-electron chi connectivity index (χ3n) is 4.35. The molecule has 3 N–H and O–H groups in total. The Hall–Kier alpha value is -1.99. The molecule has 0 bridgehead atoms. The second-order valence-corrected chi connectivity index (χ2v) is 7.24. The third-order valence-corrected chi connectivity index (χ3v) is 4.35. The molecule has 0 radical (unpaired) electrons. The summed E-state index contributed by atoms with van der Waals surface area (Å²) in [5.41, 5.74) is 0.872. The van der Waals surface area contributed by atoms with Gasteiger partial charge in [0.15, 0.2) is 5.96 Å². The van der Waals surface area contributed by atoms with Gasteiger partial charge in [0.2, 0.25) is 0 Å². The van der Waals surface area contributed by atoms with E-state index in [1.54, 1.807) is 6.07 Å². The van der Waals surface area contributed by atoms with Crippen LogP contribution in [0.2, 0.25) is 0 Å². The molecule has 0 aromatic heterocycles. The van der Waals surface area contributed by atoms with Crippen LogP contribution in [0.4, 0.5) is 5.69 Å². The minimum atomic E-state index is -0.597. The maximum atomic E-state index is 10.1. The lowest BCUT2D eigenvalue weighted by Gasteiger charge is -2.38. The highest BCUT2D eigenvalue weighted by molar-refractivity contribution is 5.80. The number of hydrogen-bond acceptors (Lipinski definition) is 5. The van der Waals surface area contributed by atoms with Gasteiger partial charge in [0.05, 0.1) is 24.9 Å². The number of piperazine rings is 1. The van der Waals surface area contributed by atoms with E-state index in [2.05, 4.69) is 34.0 Å². The van der Waals surface area contributed by atoms with Crippen LogP contribution in [-0.4, -0.2) is 79.7 Å². The Balaban J connectivity index is 1.87. The summed E-state index contributed by atoms with van der Waals surface area (Å²) in [4.78, 5) is 8.96. The molecule has 27 heavy (non-hydrogen) atoms. The molecule has 152 valence electrons. The summed E-state index contributed by atoms with van der Waals surface area (Å²) in [6, 6.07) is 7.44. The molecule has 2 rings (SSSR count). The molecule has 1 aliphatic heterocycles. The maximum Gasteiger partial charge on any atom is 0.194 e. The zero-order chi connectivity index (χ0) is 19.6. The number of hydrogen-bond donors (Lipinski definition) is 3. The molecule has 1 atom stereocenters. The number of para-hydroxylation sites is 2. The molecule has 0 saturated carbocycles. The molecule has 1 unspecified atom stereocenters. The monoisotopic (exact) mass is 378 g/mol. The highest BCUT2D eigenvalue weighted by atomic mass is 16.5. The van der Waals surface area contributed by atoms with Crippen LogP contribution in [0.1, 0.15) is 20.8 Å². The molecule has 0 amide bonds. The number of nitrogens with zero attached hydrogens (tertiary/aromatic N) is 3. The van der Waals surface area contributed by atoms with E-state index in [0.29, 0.717) is 31.4 Å². The summed E-state index contributed by atoms with van der Waals surface area (Å²) in [5.74, 6) is 1.59. The first-order valence-electron chi connectivity index (χ1n) is 9.83. The first-order valence-corrected chi connectivity index (χ1v) is 9.83. The number of phenolic OH excluding ortho intramolecular Hbond substituents is 1. The van der Waals surface area contributed by atoms with Gasteiger partial charge in [-0.3, -0.25) is 4.99 Å². The first-order chi connectivity index (χ1) is 13.0. The van der Waals surface area contributed by atoms with E-state index >= 15 is 0 Å². The quantitative estimate of drug-likeness (QED) is 0.470. The molecule has 7 nitrogen and oxygen atoms in total. The zero-order valence-corrected chi connectivity index (χ0v) is 16.8. The van der Waals surface area contributed by atoms with E-state index in [9.17, 15) is 10.2 Å². The summed E-state index contributed by atoms with van der Waals surface area (Å²) >= 11 is 0. The van der Waals surface area contributed by atoms with Crippen LogP contribution in [0.25, 0.3) is 0 Å². The highest BCUT2D eigenvalue weighted by Gasteiger charge is 2.21. The van der Waals surface area contributed by atoms with Crippen molar-refractivity contribution in [3.05, 3.63) is 24.3 Å². The molecule has 1 fully saturated rings. The summed E-state index contributed by atoms with van der Waals surface area (Å²) < 4.78 is 5.49. The van der Waals surface area contributed by atoms with Crippen molar-refractivity contribution in [1.82, 2.24) is 10.2 Å². The summed E-state index contributed by atoms with van der Waals surface area (Å²) in [7, 11) is 0. The van der Waals surface area contributed by atoms with Crippen molar-refractivity contribution in [3.8, 4) is 5.75 Å². The minimum absolute atomic E-state index is 0.308. The number of aromatic hydroxyl groups is 1. The van der Waals surface area contributed by atoms with Gasteiger partial charge < -0.3 is 30.1 Å². The lowest BCUT2D eigenvalue weighted by atomic mass is 10.2. The van der Waals surface area contributed by atoms with E-state index in [0.717, 1.165) is 44.4 Å². The lowest BCUT2D eigenvalue weighted by Crippen LogP contribution is -2.52. The van der Waals surface area contributed by atoms with Gasteiger partial charge in [0, 0.05) is 39.3 Å². The van der Waals surface area contributed by atoms with Crippen LogP contribution in [0, 0.1) is 5.92 Å². The molecule has 1 saturated heterocycles. The Morgan fingerprint density at radius 3 is 2.52 bits per heavy atom. The number of rotatable bonds is 8. The number of benzene rings is 1. The van der Waals surface area contributed by atoms with Crippen molar-refractivity contribution in [2.75, 3.05) is 57.4 Å². The maximum absolute atomic E-state index is 10.1. The van der Waals surface area contributed by atoms with Gasteiger partial charge in [-0.25, -0.2) is 0 Å². The van der Waals surface area contributed by atoms with Crippen LogP contribution in [-0.2, 0) is 4.74 Å². The number of anilines is 1. The van der Waals surface area contributed by atoms with Gasteiger partial charge in [-0.05, 0) is 25.0 Å². The third kappa shape index (κ3) is 6.92. The fraction of sp³-hybridized carbons (Fsp3) is 0.650. The predicted molar refractivity (Wildman–Crippen MR) is 110 cm³/mol. The van der Waals surface area contributed by atoms with Crippen molar-refractivity contribution in [3.63, 3.8) is 0 Å². The summed E-state index contributed by atoms with van der Waals surface area (Å²) in [6.45, 7) is 11.5. The van der Waals surface area contributed by atoms with Crippen LogP contribution in [0.15, 0.2) is 29.3 Å². The van der Waals surface area contributed by atoms with Crippen LogP contribution >= 0.6 is 0 Å². The molecule has 7 heteroatoms. The number of ether oxygens (including phenoxy) is 1. The number of aliphatic hydroxyl groups excluding tert-OH is 1. The molecule has 0 aliphatic carbocycles. The molecular weight excluding hydrogens is 344 g/mol. The van der Waals surface area contributed by atoms with E-state index < -0.39 is 6.10 Å². The minimum Gasteiger partial charge on any atom is -0.506 e. The van der Waals surface area contributed by atoms with Crippen LogP contribution in [0.3, 0.4) is 0 Å². The number of guanidine groups is 1. The molecule has 1 aromatic carbocycles. The molecule has 0 spiro atoms. The number of aliphatic imine (C=N–C) groups is 1. The number of phenols is 1. The SMILES string of the molecule is CCNC(=NCC(O)COCC(C)C)N1CCN(c2ccccc2O)CC1. The van der Waals surface area contributed by atoms with E-state index in [4.69, 9.17) is 4.74 Å². The second-order valence-electron chi connectivity index (χ2n) is 7.24. The lowest BCUT2D eigenvalue weighted by molar-refractivity contribution is 0.0300. The molecule has 1 heterocycles. The second kappa shape index (κ2) is 11.0. The van der Waals surface area contributed by atoms with Gasteiger partial charge in [-0.2, -0.15) is 0 Å². The number of aliphatic hydroxyl groups is 1. The topological polar surface area (TPSA) is 80.6 Å². The Bertz CT molecular complexity index is 586. The van der Waals surface area contributed by atoms with E-state index in [1.807, 2.05) is 25.1 Å². The van der Waals surface area contributed by atoms with Crippen LogP contribution in [0.5, 0.6) is 5.75 Å². The van der Waals surface area contributed by atoms with Crippen molar-refractivity contribution < 1.29 is 14.9 Å². The van der Waals surface area contributed by atoms with Crippen molar-refractivity contribution in [2.45, 2.75) is 26.9 Å². The smallest absolute Gasteiger partial charge is 0.194 e. The highest BCUT2D eigenvalue weighted by Crippen LogP contribution is 2.27. The van der Waals surface area contributed by atoms with E-state index in [1.165, 1.54) is 0 Å². The summed E-state index contributed by atoms with van der Waals surface area (Å²) in [6.07, 6.45) is -0.597. The molecule has 1 aromatic rings. The number of nitrogens with one attached hydrogen (secondary N) is 1. The fourth-order valence-electron chi connectivity index (χ4n) is 3.00. The summed E-state index contributed by atoms with van der Waals surface area (Å²) in [5, 5.41) is 23.4. The zero-order valence-electron chi connectivity index (χ0n) is 16.8. The van der Waals surface area contributed by atoms with Gasteiger partial charge in [-0.15, -0.1) is 0 Å². The van der Waals surface area contributed by atoms with Crippen molar-refractivity contribution in [1.29, 1.82) is 0 Å². The normalized spacial score (nSPS) is 16.7. The largest absolute Gasteiger partial charge is 0.506 e.